The first kappa shape index (κ1) is 20.6. The van der Waals surface area contributed by atoms with Crippen molar-refractivity contribution in [3.63, 3.8) is 0 Å². The molecule has 0 spiro atoms. The molecular formula is C22H23N5O4. The summed E-state index contributed by atoms with van der Waals surface area (Å²) in [6.45, 7) is 5.72. The molecule has 0 N–H and O–H groups in total. The van der Waals surface area contributed by atoms with Crippen molar-refractivity contribution in [3.8, 4) is 0 Å². The number of rotatable bonds is 4. The number of imide groups is 1. The maximum Gasteiger partial charge on any atom is 0.274 e. The Balaban J connectivity index is 1.44. The number of hydrogen-bond acceptors (Lipinski definition) is 6. The van der Waals surface area contributed by atoms with Gasteiger partial charge in [-0.3, -0.25) is 29.1 Å². The van der Waals surface area contributed by atoms with E-state index in [-0.39, 0.29) is 40.8 Å². The minimum atomic E-state index is -0.359. The molecule has 2 aliphatic rings. The van der Waals surface area contributed by atoms with E-state index in [1.54, 1.807) is 21.9 Å². The molecule has 2 aromatic rings. The van der Waals surface area contributed by atoms with Crippen LogP contribution in [0.25, 0.3) is 0 Å². The Bertz CT molecular complexity index is 1050. The van der Waals surface area contributed by atoms with Gasteiger partial charge in [-0.1, -0.05) is 13.8 Å². The Labute approximate surface area is 179 Å². The molecule has 4 rings (SSSR count). The molecule has 31 heavy (non-hydrogen) atoms. The molecule has 0 aliphatic carbocycles. The van der Waals surface area contributed by atoms with E-state index in [9.17, 15) is 19.2 Å². The molecule has 9 nitrogen and oxygen atoms in total. The van der Waals surface area contributed by atoms with E-state index in [0.717, 1.165) is 0 Å². The SMILES string of the molecule is CC(C)CN1C(=O)c2ccc(C(=O)N3CCN(C(=O)c4cnccn4)CC3)cc2C1=O. The highest BCUT2D eigenvalue weighted by Gasteiger charge is 2.36. The van der Waals surface area contributed by atoms with Gasteiger partial charge in [0, 0.05) is 50.7 Å². The number of aromatic nitrogens is 2. The number of carbonyl (C=O) groups is 4. The van der Waals surface area contributed by atoms with Crippen LogP contribution in [0.2, 0.25) is 0 Å². The summed E-state index contributed by atoms with van der Waals surface area (Å²) in [5, 5.41) is 0. The summed E-state index contributed by atoms with van der Waals surface area (Å²) < 4.78 is 0. The molecule has 3 heterocycles. The minimum absolute atomic E-state index is 0.157. The number of nitrogens with zero attached hydrogens (tertiary/aromatic N) is 5. The lowest BCUT2D eigenvalue weighted by molar-refractivity contribution is 0.0532. The molecule has 0 radical (unpaired) electrons. The van der Waals surface area contributed by atoms with Crippen molar-refractivity contribution in [3.05, 3.63) is 59.2 Å². The van der Waals surface area contributed by atoms with E-state index in [2.05, 4.69) is 9.97 Å². The Hall–Kier alpha value is -3.62. The maximum atomic E-state index is 13.0. The van der Waals surface area contributed by atoms with E-state index in [1.165, 1.54) is 29.6 Å². The van der Waals surface area contributed by atoms with Crippen molar-refractivity contribution in [2.24, 2.45) is 5.92 Å². The molecule has 1 aromatic carbocycles. The molecule has 160 valence electrons. The van der Waals surface area contributed by atoms with Crippen molar-refractivity contribution in [2.45, 2.75) is 13.8 Å². The number of benzene rings is 1. The minimum Gasteiger partial charge on any atom is -0.335 e. The van der Waals surface area contributed by atoms with Gasteiger partial charge in [-0.25, -0.2) is 4.98 Å². The van der Waals surface area contributed by atoms with Gasteiger partial charge in [-0.15, -0.1) is 0 Å². The first-order valence-corrected chi connectivity index (χ1v) is 10.2. The van der Waals surface area contributed by atoms with Crippen LogP contribution in [0.5, 0.6) is 0 Å². The molecule has 0 atom stereocenters. The van der Waals surface area contributed by atoms with Crippen LogP contribution in [0.1, 0.15) is 55.4 Å². The summed E-state index contributed by atoms with van der Waals surface area (Å²) in [6.07, 6.45) is 4.39. The average Bonchev–Trinajstić information content (AvgIpc) is 3.02. The molecule has 0 unspecified atom stereocenters. The molecule has 2 aliphatic heterocycles. The zero-order valence-corrected chi connectivity index (χ0v) is 17.4. The Morgan fingerprint density at radius 2 is 1.58 bits per heavy atom. The van der Waals surface area contributed by atoms with Gasteiger partial charge in [0.15, 0.2) is 0 Å². The van der Waals surface area contributed by atoms with Gasteiger partial charge in [0.05, 0.1) is 17.3 Å². The summed E-state index contributed by atoms with van der Waals surface area (Å²) in [7, 11) is 0. The summed E-state index contributed by atoms with van der Waals surface area (Å²) in [4.78, 5) is 63.1. The molecule has 0 saturated carbocycles. The van der Waals surface area contributed by atoms with E-state index in [0.29, 0.717) is 43.9 Å². The lowest BCUT2D eigenvalue weighted by Crippen LogP contribution is -2.50. The van der Waals surface area contributed by atoms with E-state index in [1.807, 2.05) is 13.8 Å². The highest BCUT2D eigenvalue weighted by atomic mass is 16.2. The van der Waals surface area contributed by atoms with Crippen LogP contribution in [0.3, 0.4) is 0 Å². The second kappa shape index (κ2) is 8.25. The maximum absolute atomic E-state index is 13.0. The number of hydrogen-bond donors (Lipinski definition) is 0. The number of piperazine rings is 1. The van der Waals surface area contributed by atoms with Crippen LogP contribution >= 0.6 is 0 Å². The van der Waals surface area contributed by atoms with Crippen molar-refractivity contribution < 1.29 is 19.2 Å². The molecule has 1 aromatic heterocycles. The molecule has 9 heteroatoms. The quantitative estimate of drug-likeness (QED) is 0.690. The first-order chi connectivity index (χ1) is 14.9. The number of amides is 4. The van der Waals surface area contributed by atoms with Crippen LogP contribution in [0, 0.1) is 5.92 Å². The predicted octanol–water partition coefficient (Wildman–Crippen LogP) is 1.33. The largest absolute Gasteiger partial charge is 0.335 e. The van der Waals surface area contributed by atoms with Crippen LogP contribution in [0.4, 0.5) is 0 Å². The lowest BCUT2D eigenvalue weighted by atomic mass is 10.0. The lowest BCUT2D eigenvalue weighted by Gasteiger charge is -2.34. The summed E-state index contributed by atoms with van der Waals surface area (Å²) in [6, 6.07) is 4.65. The molecular weight excluding hydrogens is 398 g/mol. The molecule has 1 fully saturated rings. The Morgan fingerprint density at radius 1 is 0.935 bits per heavy atom. The van der Waals surface area contributed by atoms with Gasteiger partial charge in [-0.2, -0.15) is 0 Å². The van der Waals surface area contributed by atoms with Crippen molar-refractivity contribution >= 4 is 23.6 Å². The average molecular weight is 421 g/mol. The second-order valence-electron chi connectivity index (χ2n) is 8.05. The van der Waals surface area contributed by atoms with Gasteiger partial charge in [0.1, 0.15) is 5.69 Å². The Kier molecular flexibility index (Phi) is 5.50. The zero-order chi connectivity index (χ0) is 22.1. The fourth-order valence-corrected chi connectivity index (χ4v) is 3.82. The third kappa shape index (κ3) is 3.90. The standard InChI is InChI=1S/C22H23N5O4/c1-14(2)13-27-20(29)16-4-3-15(11-17(16)21(27)30)19(28)25-7-9-26(10-8-25)22(31)18-12-23-5-6-24-18/h3-6,11-12,14H,7-10,13H2,1-2H3. The van der Waals surface area contributed by atoms with Gasteiger partial charge in [-0.05, 0) is 24.1 Å². The second-order valence-corrected chi connectivity index (χ2v) is 8.05. The summed E-state index contributed by atoms with van der Waals surface area (Å²) >= 11 is 0. The zero-order valence-electron chi connectivity index (χ0n) is 17.4. The number of fused-ring (bicyclic) bond motifs is 1. The fourth-order valence-electron chi connectivity index (χ4n) is 3.82. The summed E-state index contributed by atoms with van der Waals surface area (Å²) in [5.74, 6) is -0.959. The predicted molar refractivity (Wildman–Crippen MR) is 110 cm³/mol. The van der Waals surface area contributed by atoms with Gasteiger partial charge < -0.3 is 9.80 Å². The van der Waals surface area contributed by atoms with E-state index >= 15 is 0 Å². The van der Waals surface area contributed by atoms with Crippen molar-refractivity contribution in [1.29, 1.82) is 0 Å². The monoisotopic (exact) mass is 421 g/mol. The van der Waals surface area contributed by atoms with E-state index in [4.69, 9.17) is 0 Å². The summed E-state index contributed by atoms with van der Waals surface area (Å²) in [5.41, 5.74) is 1.24. The molecule has 0 bridgehead atoms. The first-order valence-electron chi connectivity index (χ1n) is 10.2. The van der Waals surface area contributed by atoms with Crippen LogP contribution in [0.15, 0.2) is 36.8 Å². The highest BCUT2D eigenvalue weighted by molar-refractivity contribution is 6.22. The topological polar surface area (TPSA) is 104 Å². The van der Waals surface area contributed by atoms with Crippen LogP contribution < -0.4 is 0 Å². The highest BCUT2D eigenvalue weighted by Crippen LogP contribution is 2.25. The van der Waals surface area contributed by atoms with Gasteiger partial charge >= 0.3 is 0 Å². The number of carbonyl (C=O) groups excluding carboxylic acids is 4. The van der Waals surface area contributed by atoms with Crippen LogP contribution in [-0.2, 0) is 0 Å². The molecule has 4 amide bonds. The fraction of sp³-hybridized carbons (Fsp3) is 0.364. The smallest absolute Gasteiger partial charge is 0.274 e. The van der Waals surface area contributed by atoms with Gasteiger partial charge in [0.25, 0.3) is 23.6 Å². The van der Waals surface area contributed by atoms with Gasteiger partial charge in [0.2, 0.25) is 0 Å². The van der Waals surface area contributed by atoms with Crippen LogP contribution in [-0.4, -0.2) is 81.0 Å². The van der Waals surface area contributed by atoms with E-state index < -0.39 is 0 Å². The van der Waals surface area contributed by atoms with Crippen molar-refractivity contribution in [1.82, 2.24) is 24.7 Å². The molecule has 1 saturated heterocycles. The third-order valence-corrected chi connectivity index (χ3v) is 5.40. The van der Waals surface area contributed by atoms with Crippen molar-refractivity contribution in [2.75, 3.05) is 32.7 Å². The Morgan fingerprint density at radius 3 is 2.19 bits per heavy atom. The third-order valence-electron chi connectivity index (χ3n) is 5.40. The normalized spacial score (nSPS) is 16.2.